The maximum Gasteiger partial charge on any atom is 0.264 e. The van der Waals surface area contributed by atoms with Gasteiger partial charge in [-0.1, -0.05) is 48.0 Å². The smallest absolute Gasteiger partial charge is 0.264 e. The Labute approximate surface area is 172 Å². The highest BCUT2D eigenvalue weighted by Crippen LogP contribution is 2.35. The highest BCUT2D eigenvalue weighted by molar-refractivity contribution is 7.92. The number of nitrogens with zero attached hydrogens (tertiary/aromatic N) is 2. The van der Waals surface area contributed by atoms with Gasteiger partial charge in [0.15, 0.2) is 0 Å². The summed E-state index contributed by atoms with van der Waals surface area (Å²) >= 11 is 1.31. The van der Waals surface area contributed by atoms with Crippen LogP contribution < -0.4 is 4.72 Å². The Kier molecular flexibility index (Phi) is 5.04. The van der Waals surface area contributed by atoms with Crippen LogP contribution in [-0.2, 0) is 10.0 Å². The molecule has 29 heavy (non-hydrogen) atoms. The quantitative estimate of drug-likeness (QED) is 0.486. The van der Waals surface area contributed by atoms with Crippen LogP contribution in [-0.4, -0.2) is 23.5 Å². The number of thiophene rings is 1. The molecule has 146 valence electrons. The van der Waals surface area contributed by atoms with Crippen molar-refractivity contribution in [3.63, 3.8) is 0 Å². The van der Waals surface area contributed by atoms with Crippen LogP contribution in [0.5, 0.6) is 5.75 Å². The van der Waals surface area contributed by atoms with Crippen LogP contribution in [0, 0.1) is 6.92 Å². The van der Waals surface area contributed by atoms with Crippen LogP contribution in [0.2, 0.25) is 0 Å². The Hall–Kier alpha value is -3.23. The first-order valence-electron chi connectivity index (χ1n) is 8.73. The third-order valence-electron chi connectivity index (χ3n) is 4.23. The first-order valence-corrected chi connectivity index (χ1v) is 11.1. The molecule has 2 heterocycles. The Morgan fingerprint density at radius 2 is 1.62 bits per heavy atom. The summed E-state index contributed by atoms with van der Waals surface area (Å²) in [6.45, 7) is 1.88. The molecule has 0 fully saturated rings. The van der Waals surface area contributed by atoms with E-state index in [-0.39, 0.29) is 16.6 Å². The molecule has 0 amide bonds. The van der Waals surface area contributed by atoms with Crippen LogP contribution in [0.15, 0.2) is 77.0 Å². The SMILES string of the molecule is Cc1ccc(S(=O)(=O)Nc2nc(-c3ccccc3)cc(-c3sccc3O)n2)cc1. The fourth-order valence-corrected chi connectivity index (χ4v) is 4.45. The zero-order valence-electron chi connectivity index (χ0n) is 15.4. The average molecular weight is 424 g/mol. The topological polar surface area (TPSA) is 92.2 Å². The van der Waals surface area contributed by atoms with Gasteiger partial charge in [0.2, 0.25) is 5.95 Å². The number of anilines is 1. The number of hydrogen-bond acceptors (Lipinski definition) is 6. The molecule has 0 bridgehead atoms. The molecule has 2 aromatic carbocycles. The van der Waals surface area contributed by atoms with E-state index in [1.54, 1.807) is 29.6 Å². The van der Waals surface area contributed by atoms with E-state index in [1.807, 2.05) is 37.3 Å². The Morgan fingerprint density at radius 1 is 0.931 bits per heavy atom. The van der Waals surface area contributed by atoms with E-state index < -0.39 is 10.0 Å². The van der Waals surface area contributed by atoms with Gasteiger partial charge in [-0.25, -0.2) is 23.1 Å². The Bertz CT molecular complexity index is 1250. The van der Waals surface area contributed by atoms with E-state index in [2.05, 4.69) is 14.7 Å². The molecule has 6 nitrogen and oxygen atoms in total. The third kappa shape index (κ3) is 4.13. The van der Waals surface area contributed by atoms with Gasteiger partial charge >= 0.3 is 0 Å². The van der Waals surface area contributed by atoms with E-state index in [1.165, 1.54) is 23.5 Å². The van der Waals surface area contributed by atoms with Crippen molar-refractivity contribution in [2.45, 2.75) is 11.8 Å². The maximum atomic E-state index is 12.8. The normalized spacial score (nSPS) is 11.3. The van der Waals surface area contributed by atoms with Gasteiger partial charge in [0, 0.05) is 5.56 Å². The second-order valence-corrected chi connectivity index (χ2v) is 8.98. The molecule has 4 aromatic rings. The van der Waals surface area contributed by atoms with Gasteiger partial charge in [0.1, 0.15) is 5.75 Å². The van der Waals surface area contributed by atoms with Gasteiger partial charge in [-0.2, -0.15) is 0 Å². The second kappa shape index (κ2) is 7.65. The lowest BCUT2D eigenvalue weighted by molar-refractivity contribution is 0.479. The summed E-state index contributed by atoms with van der Waals surface area (Å²) in [6.07, 6.45) is 0. The maximum absolute atomic E-state index is 12.8. The van der Waals surface area contributed by atoms with Crippen molar-refractivity contribution >= 4 is 27.3 Å². The van der Waals surface area contributed by atoms with Gasteiger partial charge < -0.3 is 5.11 Å². The van der Waals surface area contributed by atoms with Gasteiger partial charge in [0.05, 0.1) is 21.2 Å². The summed E-state index contributed by atoms with van der Waals surface area (Å²) in [5, 5.41) is 11.8. The molecule has 2 aromatic heterocycles. The predicted molar refractivity (Wildman–Crippen MR) is 114 cm³/mol. The summed E-state index contributed by atoms with van der Waals surface area (Å²) in [5.74, 6) is 0.0229. The molecule has 0 saturated carbocycles. The number of aromatic nitrogens is 2. The molecule has 2 N–H and O–H groups in total. The molecular weight excluding hydrogens is 406 g/mol. The van der Waals surface area contributed by atoms with Crippen LogP contribution in [0.25, 0.3) is 21.8 Å². The number of nitrogens with one attached hydrogen (secondary N) is 1. The molecule has 8 heteroatoms. The lowest BCUT2D eigenvalue weighted by Gasteiger charge is -2.11. The van der Waals surface area contributed by atoms with Crippen molar-refractivity contribution in [3.8, 4) is 27.6 Å². The van der Waals surface area contributed by atoms with E-state index in [9.17, 15) is 13.5 Å². The van der Waals surface area contributed by atoms with Gasteiger partial charge in [-0.05, 0) is 36.6 Å². The minimum atomic E-state index is -3.86. The average Bonchev–Trinajstić information content (AvgIpc) is 3.14. The van der Waals surface area contributed by atoms with Crippen molar-refractivity contribution in [3.05, 3.63) is 77.7 Å². The number of hydrogen-bond donors (Lipinski definition) is 2. The lowest BCUT2D eigenvalue weighted by atomic mass is 10.1. The van der Waals surface area contributed by atoms with E-state index >= 15 is 0 Å². The summed E-state index contributed by atoms with van der Waals surface area (Å²) in [5.41, 5.74) is 2.75. The van der Waals surface area contributed by atoms with Crippen molar-refractivity contribution in [2.24, 2.45) is 0 Å². The molecule has 0 aliphatic rings. The summed E-state index contributed by atoms with van der Waals surface area (Å²) < 4.78 is 28.0. The zero-order chi connectivity index (χ0) is 20.4. The first kappa shape index (κ1) is 19.1. The molecule has 4 rings (SSSR count). The fraction of sp³-hybridized carbons (Fsp3) is 0.0476. The minimum absolute atomic E-state index is 0.0604. The number of aryl methyl sites for hydroxylation is 1. The van der Waals surface area contributed by atoms with E-state index in [0.717, 1.165) is 11.1 Å². The molecule has 0 unspecified atom stereocenters. The van der Waals surface area contributed by atoms with Crippen LogP contribution in [0.4, 0.5) is 5.95 Å². The molecule has 0 spiro atoms. The molecular formula is C21H17N3O3S2. The molecule has 0 atom stereocenters. The molecule has 0 aliphatic heterocycles. The largest absolute Gasteiger partial charge is 0.506 e. The van der Waals surface area contributed by atoms with Crippen molar-refractivity contribution < 1.29 is 13.5 Å². The van der Waals surface area contributed by atoms with Crippen LogP contribution in [0.1, 0.15) is 5.56 Å². The number of benzene rings is 2. The highest BCUT2D eigenvalue weighted by atomic mass is 32.2. The monoisotopic (exact) mass is 423 g/mol. The zero-order valence-corrected chi connectivity index (χ0v) is 17.0. The number of sulfonamides is 1. The highest BCUT2D eigenvalue weighted by Gasteiger charge is 2.18. The lowest BCUT2D eigenvalue weighted by Crippen LogP contribution is -2.15. The summed E-state index contributed by atoms with van der Waals surface area (Å²) in [4.78, 5) is 9.40. The molecule has 0 aliphatic carbocycles. The van der Waals surface area contributed by atoms with Crippen molar-refractivity contribution in [2.75, 3.05) is 4.72 Å². The standard InChI is InChI=1S/C21H17N3O3S2/c1-14-7-9-16(10-8-14)29(26,27)24-21-22-17(15-5-3-2-4-6-15)13-18(23-21)20-19(25)11-12-28-20/h2-13,25H,1H3,(H,22,23,24). The van der Waals surface area contributed by atoms with Crippen LogP contribution in [0.3, 0.4) is 0 Å². The Morgan fingerprint density at radius 3 is 2.28 bits per heavy atom. The summed E-state index contributed by atoms with van der Waals surface area (Å²) in [7, 11) is -3.86. The van der Waals surface area contributed by atoms with E-state index in [0.29, 0.717) is 16.3 Å². The number of rotatable bonds is 5. The van der Waals surface area contributed by atoms with Crippen molar-refractivity contribution in [1.29, 1.82) is 0 Å². The predicted octanol–water partition coefficient (Wildman–Crippen LogP) is 4.69. The minimum Gasteiger partial charge on any atom is -0.506 e. The van der Waals surface area contributed by atoms with Gasteiger partial charge in [0.25, 0.3) is 10.0 Å². The third-order valence-corrected chi connectivity index (χ3v) is 6.50. The molecule has 0 radical (unpaired) electrons. The molecule has 0 saturated heterocycles. The van der Waals surface area contributed by atoms with Gasteiger partial charge in [-0.15, -0.1) is 11.3 Å². The summed E-state index contributed by atoms with van der Waals surface area (Å²) in [6, 6.07) is 19.2. The van der Waals surface area contributed by atoms with E-state index in [4.69, 9.17) is 0 Å². The van der Waals surface area contributed by atoms with Gasteiger partial charge in [-0.3, -0.25) is 0 Å². The second-order valence-electron chi connectivity index (χ2n) is 6.38. The van der Waals surface area contributed by atoms with Crippen LogP contribution >= 0.6 is 11.3 Å². The number of aromatic hydroxyl groups is 1. The Balaban J connectivity index is 1.80. The first-order chi connectivity index (χ1) is 13.9. The van der Waals surface area contributed by atoms with Crippen molar-refractivity contribution in [1.82, 2.24) is 9.97 Å². The fourth-order valence-electron chi connectivity index (χ4n) is 2.76.